The zero-order chi connectivity index (χ0) is 23.2. The van der Waals surface area contributed by atoms with Crippen molar-refractivity contribution in [3.63, 3.8) is 0 Å². The number of nitrogens with zero attached hydrogens (tertiary/aromatic N) is 3. The van der Waals surface area contributed by atoms with Crippen molar-refractivity contribution in [2.75, 3.05) is 12.4 Å². The zero-order valence-corrected chi connectivity index (χ0v) is 18.7. The molecule has 1 aromatic carbocycles. The van der Waals surface area contributed by atoms with Crippen molar-refractivity contribution in [3.8, 4) is 17.3 Å². The van der Waals surface area contributed by atoms with E-state index in [1.807, 2.05) is 0 Å². The standard InChI is InChI=1S/C19H13BrClF2N5O4/c1-8-6-11-15(32-19(22,23)31-11)13(18(30)24-2)14(8)26-17(29)10-7-12(20)27-28(10)16-9(21)4-3-5-25-16/h3-7H,1-2H3,(H,24,30)(H,26,29). The minimum absolute atomic E-state index is 0.0164. The maximum Gasteiger partial charge on any atom is 0.586 e. The topological polar surface area (TPSA) is 107 Å². The molecular weight excluding hydrogens is 516 g/mol. The highest BCUT2D eigenvalue weighted by atomic mass is 79.9. The number of hydrogen-bond donors (Lipinski definition) is 2. The molecule has 0 radical (unpaired) electrons. The summed E-state index contributed by atoms with van der Waals surface area (Å²) in [5, 5.41) is 9.34. The van der Waals surface area contributed by atoms with Crippen LogP contribution in [-0.2, 0) is 0 Å². The fourth-order valence-electron chi connectivity index (χ4n) is 3.10. The second-order valence-corrected chi connectivity index (χ2v) is 7.76. The molecule has 1 aliphatic rings. The highest BCUT2D eigenvalue weighted by Gasteiger charge is 2.46. The Morgan fingerprint density at radius 2 is 2.00 bits per heavy atom. The summed E-state index contributed by atoms with van der Waals surface area (Å²) in [6.07, 6.45) is -2.47. The van der Waals surface area contributed by atoms with Crippen molar-refractivity contribution >= 4 is 45.0 Å². The van der Waals surface area contributed by atoms with Crippen molar-refractivity contribution < 1.29 is 27.8 Å². The summed E-state index contributed by atoms with van der Waals surface area (Å²) in [4.78, 5) is 29.8. The molecule has 2 aromatic heterocycles. The Balaban J connectivity index is 1.79. The van der Waals surface area contributed by atoms with Gasteiger partial charge in [-0.1, -0.05) is 11.6 Å². The summed E-state index contributed by atoms with van der Waals surface area (Å²) in [6.45, 7) is 1.52. The molecule has 166 valence electrons. The van der Waals surface area contributed by atoms with Gasteiger partial charge in [0, 0.05) is 19.3 Å². The van der Waals surface area contributed by atoms with Gasteiger partial charge >= 0.3 is 6.29 Å². The molecule has 2 N–H and O–H groups in total. The predicted molar refractivity (Wildman–Crippen MR) is 113 cm³/mol. The number of carbonyl (C=O) groups is 2. The van der Waals surface area contributed by atoms with Crippen LogP contribution < -0.4 is 20.1 Å². The Hall–Kier alpha value is -3.25. The first kappa shape index (κ1) is 22.0. The molecule has 0 unspecified atom stereocenters. The van der Waals surface area contributed by atoms with Gasteiger partial charge in [0.25, 0.3) is 11.8 Å². The number of anilines is 1. The van der Waals surface area contributed by atoms with Gasteiger partial charge in [0.1, 0.15) is 15.9 Å². The molecule has 4 rings (SSSR count). The van der Waals surface area contributed by atoms with E-state index in [0.717, 1.165) is 0 Å². The van der Waals surface area contributed by atoms with Crippen LogP contribution in [0, 0.1) is 6.92 Å². The predicted octanol–water partition coefficient (Wildman–Crippen LogP) is 3.93. The summed E-state index contributed by atoms with van der Waals surface area (Å²) in [6, 6.07) is 5.84. The second-order valence-electron chi connectivity index (χ2n) is 6.54. The maximum absolute atomic E-state index is 13.7. The van der Waals surface area contributed by atoms with Crippen molar-refractivity contribution in [2.24, 2.45) is 0 Å². The number of rotatable bonds is 4. The first-order valence-corrected chi connectivity index (χ1v) is 10.1. The van der Waals surface area contributed by atoms with Crippen LogP contribution in [0.4, 0.5) is 14.5 Å². The minimum atomic E-state index is -3.95. The largest absolute Gasteiger partial charge is 0.586 e. The number of aromatic nitrogens is 3. The number of carbonyl (C=O) groups excluding carboxylic acids is 2. The fourth-order valence-corrected chi connectivity index (χ4v) is 3.68. The van der Waals surface area contributed by atoms with Gasteiger partial charge in [-0.3, -0.25) is 9.59 Å². The molecule has 32 heavy (non-hydrogen) atoms. The molecule has 0 saturated heterocycles. The SMILES string of the molecule is CNC(=O)c1c(NC(=O)c2cc(Br)nn2-c2ncccc2Cl)c(C)cc2c1OC(F)(F)O2. The number of nitrogens with one attached hydrogen (secondary N) is 2. The highest BCUT2D eigenvalue weighted by Crippen LogP contribution is 2.47. The van der Waals surface area contributed by atoms with Crippen LogP contribution in [0.1, 0.15) is 26.4 Å². The van der Waals surface area contributed by atoms with E-state index in [1.54, 1.807) is 12.1 Å². The number of amides is 2. The van der Waals surface area contributed by atoms with Crippen LogP contribution in [0.3, 0.4) is 0 Å². The van der Waals surface area contributed by atoms with E-state index in [1.165, 1.54) is 37.0 Å². The normalized spacial score (nSPS) is 13.7. The number of aryl methyl sites for hydroxylation is 1. The number of hydrogen-bond acceptors (Lipinski definition) is 6. The Kier molecular flexibility index (Phi) is 5.51. The van der Waals surface area contributed by atoms with E-state index >= 15 is 0 Å². The molecule has 3 aromatic rings. The third-order valence-electron chi connectivity index (χ3n) is 4.44. The van der Waals surface area contributed by atoms with Crippen LogP contribution in [0.15, 0.2) is 35.1 Å². The van der Waals surface area contributed by atoms with Gasteiger partial charge in [0.05, 0.1) is 10.7 Å². The molecular formula is C19H13BrClF2N5O4. The number of pyridine rings is 1. The Bertz CT molecular complexity index is 1270. The molecule has 3 heterocycles. The second kappa shape index (κ2) is 8.02. The van der Waals surface area contributed by atoms with Crippen molar-refractivity contribution in [1.29, 1.82) is 0 Å². The molecule has 0 spiro atoms. The summed E-state index contributed by atoms with van der Waals surface area (Å²) in [7, 11) is 1.31. The smallest absolute Gasteiger partial charge is 0.395 e. The lowest BCUT2D eigenvalue weighted by atomic mass is 10.0. The molecule has 2 amide bonds. The van der Waals surface area contributed by atoms with Gasteiger partial charge in [0.15, 0.2) is 17.3 Å². The van der Waals surface area contributed by atoms with Crippen LogP contribution in [-0.4, -0.2) is 39.9 Å². The van der Waals surface area contributed by atoms with E-state index in [2.05, 4.69) is 46.1 Å². The molecule has 0 bridgehead atoms. The van der Waals surface area contributed by atoms with Gasteiger partial charge in [-0.15, -0.1) is 8.78 Å². The summed E-state index contributed by atoms with van der Waals surface area (Å²) < 4.78 is 37.8. The summed E-state index contributed by atoms with van der Waals surface area (Å²) in [5.41, 5.74) is -0.0415. The molecule has 1 aliphatic heterocycles. The number of benzene rings is 1. The number of fused-ring (bicyclic) bond motifs is 1. The minimum Gasteiger partial charge on any atom is -0.395 e. The first-order chi connectivity index (χ1) is 15.1. The molecule has 0 aliphatic carbocycles. The molecule has 9 nitrogen and oxygen atoms in total. The fraction of sp³-hybridized carbons (Fsp3) is 0.158. The van der Waals surface area contributed by atoms with Gasteiger partial charge in [-0.05, 0) is 46.6 Å². The molecule has 0 saturated carbocycles. The number of ether oxygens (including phenoxy) is 2. The maximum atomic E-state index is 13.7. The monoisotopic (exact) mass is 527 g/mol. The van der Waals surface area contributed by atoms with Crippen molar-refractivity contribution in [2.45, 2.75) is 13.2 Å². The van der Waals surface area contributed by atoms with Crippen LogP contribution >= 0.6 is 27.5 Å². The van der Waals surface area contributed by atoms with Gasteiger partial charge < -0.3 is 20.1 Å². The third kappa shape index (κ3) is 3.86. The first-order valence-electron chi connectivity index (χ1n) is 8.94. The lowest BCUT2D eigenvalue weighted by Crippen LogP contribution is -2.27. The van der Waals surface area contributed by atoms with E-state index in [0.29, 0.717) is 4.60 Å². The quantitative estimate of drug-likeness (QED) is 0.532. The van der Waals surface area contributed by atoms with Crippen LogP contribution in [0.5, 0.6) is 11.5 Å². The Morgan fingerprint density at radius 1 is 1.25 bits per heavy atom. The Morgan fingerprint density at radius 3 is 2.69 bits per heavy atom. The van der Waals surface area contributed by atoms with E-state index in [4.69, 9.17) is 11.6 Å². The van der Waals surface area contributed by atoms with E-state index in [-0.39, 0.29) is 39.1 Å². The molecule has 13 heteroatoms. The third-order valence-corrected chi connectivity index (χ3v) is 5.12. The lowest BCUT2D eigenvalue weighted by molar-refractivity contribution is -0.286. The average molecular weight is 529 g/mol. The van der Waals surface area contributed by atoms with Gasteiger partial charge in [-0.2, -0.15) is 5.10 Å². The van der Waals surface area contributed by atoms with Crippen LogP contribution in [0.2, 0.25) is 5.02 Å². The number of halogens is 4. The van der Waals surface area contributed by atoms with Gasteiger partial charge in [0.2, 0.25) is 0 Å². The van der Waals surface area contributed by atoms with Crippen molar-refractivity contribution in [3.05, 3.63) is 56.9 Å². The lowest BCUT2D eigenvalue weighted by Gasteiger charge is -2.15. The highest BCUT2D eigenvalue weighted by molar-refractivity contribution is 9.10. The van der Waals surface area contributed by atoms with Gasteiger partial charge in [-0.25, -0.2) is 9.67 Å². The van der Waals surface area contributed by atoms with Crippen LogP contribution in [0.25, 0.3) is 5.82 Å². The number of alkyl halides is 2. The van der Waals surface area contributed by atoms with E-state index < -0.39 is 23.9 Å². The summed E-state index contributed by atoms with van der Waals surface area (Å²) >= 11 is 9.39. The molecule has 0 fully saturated rings. The zero-order valence-electron chi connectivity index (χ0n) is 16.4. The molecule has 0 atom stereocenters. The average Bonchev–Trinajstić information content (AvgIpc) is 3.26. The Labute approximate surface area is 192 Å². The van der Waals surface area contributed by atoms with E-state index in [9.17, 15) is 18.4 Å². The van der Waals surface area contributed by atoms with Crippen molar-refractivity contribution in [1.82, 2.24) is 20.1 Å². The summed E-state index contributed by atoms with van der Waals surface area (Å²) in [5.74, 6) is -2.08.